The molecule has 1 aliphatic heterocycles. The zero-order valence-electron chi connectivity index (χ0n) is 37.6. The predicted octanol–water partition coefficient (Wildman–Crippen LogP) is 15.5. The summed E-state index contributed by atoms with van der Waals surface area (Å²) in [4.78, 5) is 1.74. The Morgan fingerprint density at radius 1 is 0.343 bits per heavy atom. The van der Waals surface area contributed by atoms with E-state index in [2.05, 4.69) is 48.0 Å². The minimum Gasteiger partial charge on any atom is -0.112 e. The van der Waals surface area contributed by atoms with Crippen LogP contribution in [-0.4, -0.2) is 0 Å². The number of hydrogen-bond acceptors (Lipinski definition) is 1. The Hall–Kier alpha value is -5.37. The molecule has 1 heteroatoms. The highest BCUT2D eigenvalue weighted by molar-refractivity contribution is 8.00. The summed E-state index contributed by atoms with van der Waals surface area (Å²) in [7, 11) is 0. The molecule has 0 nitrogen and oxygen atoms in total. The summed E-state index contributed by atoms with van der Waals surface area (Å²) >= 11 is 2.58. The second-order valence-electron chi connectivity index (χ2n) is 29.7. The minimum absolute atomic E-state index is 0.0459. The lowest BCUT2D eigenvalue weighted by Gasteiger charge is -2.65. The summed E-state index contributed by atoms with van der Waals surface area (Å²) in [5.74, 6) is 13.5. The number of hydrogen-bond donors (Lipinski definition) is 0. The average Bonchev–Trinajstić information content (AvgIpc) is 4.21. The van der Waals surface area contributed by atoms with Gasteiger partial charge in [-0.2, -0.15) is 0 Å². The Morgan fingerprint density at radius 3 is 1.13 bits per heavy atom. The van der Waals surface area contributed by atoms with Gasteiger partial charge in [-0.15, -0.1) is 11.8 Å². The highest BCUT2D eigenvalue weighted by Gasteiger charge is 2.89. The van der Waals surface area contributed by atoms with Crippen LogP contribution in [0.15, 0.2) is 23.1 Å². The lowest BCUT2D eigenvalue weighted by Crippen LogP contribution is -2.62. The van der Waals surface area contributed by atoms with Crippen LogP contribution in [0, 0.1) is 11.8 Å². The monoisotopic (exact) mass is 890 g/mol. The molecule has 312 valence electrons. The van der Waals surface area contributed by atoms with E-state index in [-0.39, 0.29) is 10.2 Å². The maximum Gasteiger partial charge on any atom is 0.0645 e. The van der Waals surface area contributed by atoms with Gasteiger partial charge in [-0.3, -0.25) is 0 Å². The molecule has 11 aromatic carbocycles. The van der Waals surface area contributed by atoms with E-state index in [1.54, 1.807) is 10.5 Å². The molecule has 0 bridgehead atoms. The molecular weight excluding hydrogens is 861 g/mol. The molecule has 0 aromatic heterocycles. The smallest absolute Gasteiger partial charge is 0.0645 e. The zero-order valence-corrected chi connectivity index (χ0v) is 38.4. The van der Waals surface area contributed by atoms with Crippen LogP contribution in [0.1, 0.15) is 242 Å². The minimum atomic E-state index is 0.0459. The Balaban J connectivity index is 1.02. The van der Waals surface area contributed by atoms with Gasteiger partial charge in [0.15, 0.2) is 0 Å². The summed E-state index contributed by atoms with van der Waals surface area (Å²) in [6.07, 6.45) is 2.46. The molecule has 2 spiro atoms. The second kappa shape index (κ2) is 6.52. The van der Waals surface area contributed by atoms with Crippen LogP contribution in [-0.2, 0) is 16.6 Å². The van der Waals surface area contributed by atoms with Gasteiger partial charge in [-0.25, -0.2) is 0 Å². The van der Waals surface area contributed by atoms with Gasteiger partial charge in [0.05, 0.1) is 4.75 Å². The van der Waals surface area contributed by atoms with Crippen molar-refractivity contribution in [2.45, 2.75) is 141 Å². The lowest BCUT2D eigenvalue weighted by atomic mass is 9.39. The van der Waals surface area contributed by atoms with E-state index < -0.39 is 0 Å². The first kappa shape index (κ1) is 28.0. The van der Waals surface area contributed by atoms with Crippen LogP contribution in [0.5, 0.6) is 0 Å². The molecule has 1 saturated carbocycles. The topological polar surface area (TPSA) is 0 Å². The van der Waals surface area contributed by atoms with Gasteiger partial charge in [0.25, 0.3) is 0 Å². The van der Waals surface area contributed by atoms with Crippen molar-refractivity contribution in [1.82, 2.24) is 0 Å². The highest BCUT2D eigenvalue weighted by atomic mass is 32.2. The first-order valence-electron chi connectivity index (χ1n) is 28.9. The number of fused-ring (bicyclic) bond motifs is 1. The van der Waals surface area contributed by atoms with Crippen molar-refractivity contribution in [2.24, 2.45) is 11.8 Å². The van der Waals surface area contributed by atoms with Gasteiger partial charge in [-0.1, -0.05) is 25.5 Å². The van der Waals surface area contributed by atoms with Crippen molar-refractivity contribution in [3.05, 3.63) is 141 Å². The quantitative estimate of drug-likeness (QED) is 0.156. The Labute approximate surface area is 400 Å². The summed E-state index contributed by atoms with van der Waals surface area (Å²) in [6.45, 7) is 2.45. The van der Waals surface area contributed by atoms with E-state index in [4.69, 9.17) is 0 Å². The van der Waals surface area contributed by atoms with Gasteiger partial charge in [0.1, 0.15) is 0 Å². The van der Waals surface area contributed by atoms with Crippen LogP contribution in [0.3, 0.4) is 0 Å². The van der Waals surface area contributed by atoms with Crippen molar-refractivity contribution in [3.63, 3.8) is 0 Å². The van der Waals surface area contributed by atoms with E-state index in [1.807, 2.05) is 203 Å². The molecule has 1 fully saturated rings. The fraction of sp³-hybridized carbons (Fsp3) is 0.362. The van der Waals surface area contributed by atoms with Gasteiger partial charge >= 0.3 is 0 Å². The van der Waals surface area contributed by atoms with Crippen LogP contribution < -0.4 is 0 Å². The number of thioether (sulfide) groups is 1. The third-order valence-corrected chi connectivity index (χ3v) is 32.5. The molecule has 0 saturated heterocycles. The van der Waals surface area contributed by atoms with Crippen LogP contribution >= 0.6 is 11.8 Å². The summed E-state index contributed by atoms with van der Waals surface area (Å²) in [6, 6.07) is 8.39. The largest absolute Gasteiger partial charge is 0.112 e. The molecule has 0 radical (unpaired) electrons. The Morgan fingerprint density at radius 2 is 0.671 bits per heavy atom. The fourth-order valence-electron chi connectivity index (χ4n) is 32.3. The van der Waals surface area contributed by atoms with Crippen LogP contribution in [0.2, 0.25) is 0 Å². The van der Waals surface area contributed by atoms with Gasteiger partial charge in [-0.05, 0) is 351 Å². The number of aryl methyl sites for hydroxylation is 1. The van der Waals surface area contributed by atoms with Crippen molar-refractivity contribution in [1.29, 1.82) is 0 Å². The van der Waals surface area contributed by atoms with E-state index in [1.165, 1.54) is 12.8 Å². The average molecular weight is 891 g/mol. The van der Waals surface area contributed by atoms with E-state index >= 15 is 0 Å². The fourth-order valence-corrected chi connectivity index (χ4v) is 34.4. The van der Waals surface area contributed by atoms with E-state index in [0.29, 0.717) is 118 Å². The second-order valence-corrected chi connectivity index (χ2v) is 31.0. The van der Waals surface area contributed by atoms with Crippen molar-refractivity contribution < 1.29 is 0 Å². The third kappa shape index (κ3) is 1.53. The molecular formula is C69H30S. The number of benzene rings is 10. The third-order valence-electron chi connectivity index (χ3n) is 30.8. The first-order valence-corrected chi connectivity index (χ1v) is 29.7. The summed E-state index contributed by atoms with van der Waals surface area (Å²) in [5.41, 5.74) is 48.3. The summed E-state index contributed by atoms with van der Waals surface area (Å²) in [5, 5.41) is 30.8. The van der Waals surface area contributed by atoms with E-state index in [9.17, 15) is 0 Å². The van der Waals surface area contributed by atoms with Crippen molar-refractivity contribution >= 4 is 97.9 Å². The molecule has 0 N–H and O–H groups in total. The van der Waals surface area contributed by atoms with Crippen molar-refractivity contribution in [2.75, 3.05) is 0 Å². The summed E-state index contributed by atoms with van der Waals surface area (Å²) < 4.78 is 0.0771. The van der Waals surface area contributed by atoms with Crippen LogP contribution in [0.25, 0.3) is 97.3 Å². The predicted molar refractivity (Wildman–Crippen MR) is 271 cm³/mol. The molecule has 0 amide bonds. The molecule has 22 aliphatic carbocycles. The molecule has 23 aliphatic rings. The standard InChI is InChI=1S/C69H30S/c1-2-3-7-4-5-9-8(6-7)68-64-56-48-38-28-20-12-10-11-14-18-16(12)24-32-26(18)36-30-22(14)23-15(11)19-17-13(10)21(20)29-35-25(17)33-27(19)37-31(23)41-40(30)52-46(36)54-44(32)50(42(48)34(24)28)58(64)60(54)66-62(52)63-53(41)47(37)55-45(33)51-43(35)49(39(29)38)57(56)65(68)59(51)61(55)67(63)69(66,68)70-9/h4-6,12,14,16,18,20,22,28,30,38-41,49,53,57,59,61,63,65,67H,2-3H2,1H3. The molecule has 34 rings (SSSR count). The SMILES string of the molecule is CCCc1ccc2c(c1)C13c4c5c6c7c8c9c%10c%11c%12c%13c%14c%15c(c%16c%13c%10c7c4-%16)C1(S2)C1C%15C2c4c7c%10c%13c%15c%16c%17c%18c%19c%20c%21c%22c%23c(c4c4c%22c%19c%16c%104)C2C%14C%12C%23C%21C%11C9C%20C%18C8C6C%17C%15C5C3C%13C71. The maximum atomic E-state index is 2.97. The number of rotatable bonds is 2. The zero-order chi connectivity index (χ0) is 41.5. The van der Waals surface area contributed by atoms with E-state index in [0.717, 1.165) is 0 Å². The Bertz CT molecular complexity index is 5460. The molecule has 22 atom stereocenters. The molecule has 22 unspecified atom stereocenters. The normalized spacial score (nSPS) is 48.0. The van der Waals surface area contributed by atoms with Gasteiger partial charge in [0, 0.05) is 10.3 Å². The molecule has 70 heavy (non-hydrogen) atoms. The molecule has 11 aromatic rings. The van der Waals surface area contributed by atoms with Crippen LogP contribution in [0.4, 0.5) is 0 Å². The van der Waals surface area contributed by atoms with Gasteiger partial charge < -0.3 is 0 Å². The maximum absolute atomic E-state index is 2.97. The first-order chi connectivity index (χ1) is 34.9. The Kier molecular flexibility index (Phi) is 2.61. The molecule has 1 heterocycles. The lowest BCUT2D eigenvalue weighted by molar-refractivity contribution is 0.0341. The highest BCUT2D eigenvalue weighted by Crippen LogP contribution is 3.01. The van der Waals surface area contributed by atoms with Gasteiger partial charge in [0.2, 0.25) is 0 Å². The van der Waals surface area contributed by atoms with Crippen molar-refractivity contribution in [3.8, 4) is 11.1 Å².